The highest BCUT2D eigenvalue weighted by molar-refractivity contribution is 7.89. The summed E-state index contributed by atoms with van der Waals surface area (Å²) in [5.74, 6) is 0.709. The smallest absolute Gasteiger partial charge is 0.244 e. The zero-order valence-electron chi connectivity index (χ0n) is 13.2. The molecule has 5 nitrogen and oxygen atoms in total. The summed E-state index contributed by atoms with van der Waals surface area (Å²) in [6.45, 7) is 5.15. The molecule has 0 aromatic heterocycles. The van der Waals surface area contributed by atoms with E-state index in [2.05, 4.69) is 18.7 Å². The van der Waals surface area contributed by atoms with Gasteiger partial charge in [0.25, 0.3) is 0 Å². The molecule has 0 atom stereocenters. The minimum absolute atomic E-state index is 0.187. The zero-order chi connectivity index (χ0) is 15.8. The highest BCUT2D eigenvalue weighted by atomic mass is 32.2. The van der Waals surface area contributed by atoms with Crippen LogP contribution in [0.15, 0.2) is 23.1 Å². The van der Waals surface area contributed by atoms with Gasteiger partial charge in [0.05, 0.1) is 11.4 Å². The van der Waals surface area contributed by atoms with Crippen LogP contribution >= 0.6 is 0 Å². The lowest BCUT2D eigenvalue weighted by Gasteiger charge is -2.31. The quantitative estimate of drug-likeness (QED) is 0.817. The van der Waals surface area contributed by atoms with E-state index >= 15 is 0 Å². The molecule has 1 aliphatic rings. The SMILES string of the molecule is CC(C)N(CC1CC1)c1cccc(S(=O)(=O)N(C)C)c1N. The number of anilines is 2. The van der Waals surface area contributed by atoms with Crippen LogP contribution < -0.4 is 10.6 Å². The molecule has 2 rings (SSSR count). The van der Waals surface area contributed by atoms with Crippen LogP contribution in [0, 0.1) is 5.92 Å². The number of para-hydroxylation sites is 1. The second-order valence-electron chi connectivity index (χ2n) is 6.17. The Balaban J connectivity index is 2.45. The summed E-state index contributed by atoms with van der Waals surface area (Å²) < 4.78 is 25.9. The molecule has 1 aromatic carbocycles. The van der Waals surface area contributed by atoms with Gasteiger partial charge in [0.1, 0.15) is 4.90 Å². The van der Waals surface area contributed by atoms with E-state index in [1.54, 1.807) is 12.1 Å². The molecule has 6 heteroatoms. The molecule has 0 heterocycles. The molecule has 0 unspecified atom stereocenters. The zero-order valence-corrected chi connectivity index (χ0v) is 14.0. The lowest BCUT2D eigenvalue weighted by molar-refractivity contribution is 0.521. The number of benzene rings is 1. The van der Waals surface area contributed by atoms with Gasteiger partial charge in [0.2, 0.25) is 10.0 Å². The average Bonchev–Trinajstić information content (AvgIpc) is 3.20. The second kappa shape index (κ2) is 5.85. The van der Waals surface area contributed by atoms with E-state index in [1.807, 2.05) is 6.07 Å². The van der Waals surface area contributed by atoms with Crippen molar-refractivity contribution in [3.63, 3.8) is 0 Å². The Morgan fingerprint density at radius 1 is 1.29 bits per heavy atom. The molecule has 2 N–H and O–H groups in total. The summed E-state index contributed by atoms with van der Waals surface area (Å²) in [5.41, 5.74) is 7.36. The number of hydrogen-bond acceptors (Lipinski definition) is 4. The van der Waals surface area contributed by atoms with E-state index in [-0.39, 0.29) is 10.9 Å². The molecule has 1 fully saturated rings. The van der Waals surface area contributed by atoms with Crippen molar-refractivity contribution in [2.45, 2.75) is 37.6 Å². The molecule has 0 radical (unpaired) electrons. The van der Waals surface area contributed by atoms with Gasteiger partial charge >= 0.3 is 0 Å². The fourth-order valence-corrected chi connectivity index (χ4v) is 3.40. The maximum Gasteiger partial charge on any atom is 0.244 e. The Kier molecular flexibility index (Phi) is 4.49. The van der Waals surface area contributed by atoms with Gasteiger partial charge in [-0.25, -0.2) is 12.7 Å². The van der Waals surface area contributed by atoms with Crippen molar-refractivity contribution in [3.8, 4) is 0 Å². The minimum atomic E-state index is -3.52. The third-order valence-electron chi connectivity index (χ3n) is 3.89. The van der Waals surface area contributed by atoms with E-state index in [4.69, 9.17) is 5.73 Å². The van der Waals surface area contributed by atoms with E-state index in [0.29, 0.717) is 11.6 Å². The van der Waals surface area contributed by atoms with Gasteiger partial charge in [0, 0.05) is 26.7 Å². The van der Waals surface area contributed by atoms with E-state index in [9.17, 15) is 8.42 Å². The summed E-state index contributed by atoms with van der Waals surface area (Å²) in [5, 5.41) is 0. The first kappa shape index (κ1) is 16.1. The molecule has 0 aliphatic heterocycles. The highest BCUT2D eigenvalue weighted by Crippen LogP contribution is 2.36. The van der Waals surface area contributed by atoms with Crippen molar-refractivity contribution in [3.05, 3.63) is 18.2 Å². The van der Waals surface area contributed by atoms with Crippen LogP contribution in [0.25, 0.3) is 0 Å². The normalized spacial score (nSPS) is 15.7. The summed E-state index contributed by atoms with van der Waals surface area (Å²) in [4.78, 5) is 2.40. The van der Waals surface area contributed by atoms with Crippen LogP contribution in [-0.2, 0) is 10.0 Å². The lowest BCUT2D eigenvalue weighted by Crippen LogP contribution is -2.34. The summed E-state index contributed by atoms with van der Waals surface area (Å²) in [6.07, 6.45) is 2.50. The standard InChI is InChI=1S/C15H25N3O2S/c1-11(2)18(10-12-8-9-12)13-6-5-7-14(15(13)16)21(19,20)17(3)4/h5-7,11-12H,8-10,16H2,1-4H3. The van der Waals surface area contributed by atoms with Crippen LogP contribution in [0.3, 0.4) is 0 Å². The van der Waals surface area contributed by atoms with E-state index < -0.39 is 10.0 Å². The van der Waals surface area contributed by atoms with Gasteiger partial charge in [0.15, 0.2) is 0 Å². The minimum Gasteiger partial charge on any atom is -0.396 e. The van der Waals surface area contributed by atoms with Gasteiger partial charge in [-0.1, -0.05) is 6.07 Å². The Morgan fingerprint density at radius 2 is 1.90 bits per heavy atom. The Labute approximate surface area is 127 Å². The van der Waals surface area contributed by atoms with Crippen molar-refractivity contribution >= 4 is 21.4 Å². The first-order valence-corrected chi connectivity index (χ1v) is 8.76. The molecule has 21 heavy (non-hydrogen) atoms. The van der Waals surface area contributed by atoms with Crippen molar-refractivity contribution in [2.75, 3.05) is 31.3 Å². The van der Waals surface area contributed by atoms with Crippen molar-refractivity contribution in [1.29, 1.82) is 0 Å². The molecule has 0 spiro atoms. The molecule has 1 aromatic rings. The topological polar surface area (TPSA) is 66.6 Å². The molecular formula is C15H25N3O2S. The second-order valence-corrected chi connectivity index (χ2v) is 8.29. The van der Waals surface area contributed by atoms with Crippen LogP contribution in [0.4, 0.5) is 11.4 Å². The molecule has 1 aliphatic carbocycles. The molecular weight excluding hydrogens is 286 g/mol. The Morgan fingerprint density at radius 3 is 2.38 bits per heavy atom. The number of nitrogen functional groups attached to an aromatic ring is 1. The van der Waals surface area contributed by atoms with Gasteiger partial charge in [-0.3, -0.25) is 0 Å². The predicted molar refractivity (Wildman–Crippen MR) is 86.9 cm³/mol. The number of hydrogen-bond donors (Lipinski definition) is 1. The summed E-state index contributed by atoms with van der Waals surface area (Å²) in [6, 6.07) is 5.53. The maximum absolute atomic E-state index is 12.4. The number of sulfonamides is 1. The van der Waals surface area contributed by atoms with Crippen LogP contribution in [0.1, 0.15) is 26.7 Å². The third kappa shape index (κ3) is 3.32. The highest BCUT2D eigenvalue weighted by Gasteiger charge is 2.28. The number of nitrogens with zero attached hydrogens (tertiary/aromatic N) is 2. The fourth-order valence-electron chi connectivity index (χ4n) is 2.37. The largest absolute Gasteiger partial charge is 0.396 e. The number of rotatable bonds is 6. The average molecular weight is 311 g/mol. The molecule has 0 amide bonds. The van der Waals surface area contributed by atoms with Crippen LogP contribution in [0.5, 0.6) is 0 Å². The summed E-state index contributed by atoms with van der Waals surface area (Å²) >= 11 is 0. The Bertz CT molecular complexity index is 607. The van der Waals surface area contributed by atoms with Crippen molar-refractivity contribution in [1.82, 2.24) is 4.31 Å². The molecule has 118 valence electrons. The van der Waals surface area contributed by atoms with Crippen molar-refractivity contribution < 1.29 is 8.42 Å². The van der Waals surface area contributed by atoms with Crippen molar-refractivity contribution in [2.24, 2.45) is 5.92 Å². The maximum atomic E-state index is 12.4. The van der Waals surface area contributed by atoms with Gasteiger partial charge in [-0.05, 0) is 44.7 Å². The lowest BCUT2D eigenvalue weighted by atomic mass is 10.2. The predicted octanol–water partition coefficient (Wildman–Crippen LogP) is 2.14. The van der Waals surface area contributed by atoms with Gasteiger partial charge < -0.3 is 10.6 Å². The van der Waals surface area contributed by atoms with Gasteiger partial charge in [-0.2, -0.15) is 0 Å². The van der Waals surface area contributed by atoms with Gasteiger partial charge in [-0.15, -0.1) is 0 Å². The molecule has 0 bridgehead atoms. The number of nitrogens with two attached hydrogens (primary N) is 1. The van der Waals surface area contributed by atoms with E-state index in [0.717, 1.165) is 12.2 Å². The molecule has 1 saturated carbocycles. The third-order valence-corrected chi connectivity index (χ3v) is 5.76. The van der Waals surface area contributed by atoms with Crippen LogP contribution in [0.2, 0.25) is 0 Å². The Hall–Kier alpha value is -1.27. The first-order valence-electron chi connectivity index (χ1n) is 7.32. The summed E-state index contributed by atoms with van der Waals surface area (Å²) in [7, 11) is -0.481. The monoisotopic (exact) mass is 311 g/mol. The fraction of sp³-hybridized carbons (Fsp3) is 0.600. The van der Waals surface area contributed by atoms with E-state index in [1.165, 1.54) is 31.2 Å². The van der Waals surface area contributed by atoms with Crippen LogP contribution in [-0.4, -0.2) is 39.4 Å². The first-order chi connectivity index (χ1) is 9.75. The molecule has 0 saturated heterocycles.